The van der Waals surface area contributed by atoms with Crippen molar-refractivity contribution in [2.45, 2.75) is 31.1 Å². The summed E-state index contributed by atoms with van der Waals surface area (Å²) in [5, 5.41) is 2.77. The zero-order valence-electron chi connectivity index (χ0n) is 19.3. The molecule has 0 aromatic heterocycles. The van der Waals surface area contributed by atoms with Gasteiger partial charge in [-0.2, -0.15) is 4.31 Å². The number of piperidine rings is 1. The van der Waals surface area contributed by atoms with Crippen molar-refractivity contribution in [3.05, 3.63) is 35.9 Å². The van der Waals surface area contributed by atoms with Crippen LogP contribution in [0, 0.1) is 0 Å². The molecule has 1 N–H and O–H groups in total. The Bertz CT molecular complexity index is 1100. The summed E-state index contributed by atoms with van der Waals surface area (Å²) in [4.78, 5) is 13.3. The van der Waals surface area contributed by atoms with Crippen molar-refractivity contribution in [1.82, 2.24) is 4.31 Å². The van der Waals surface area contributed by atoms with Crippen LogP contribution in [0.2, 0.25) is 0 Å². The van der Waals surface area contributed by atoms with Crippen molar-refractivity contribution in [3.63, 3.8) is 0 Å². The van der Waals surface area contributed by atoms with Gasteiger partial charge in [-0.05, 0) is 38.0 Å². The Morgan fingerprint density at radius 2 is 1.55 bits per heavy atom. The lowest BCUT2D eigenvalue weighted by Gasteiger charge is -2.26. The van der Waals surface area contributed by atoms with Crippen LogP contribution < -0.4 is 24.3 Å². The third-order valence-corrected chi connectivity index (χ3v) is 7.30. The fourth-order valence-corrected chi connectivity index (χ4v) is 5.24. The summed E-state index contributed by atoms with van der Waals surface area (Å²) >= 11 is 0. The Hall–Kier alpha value is -2.98. The number of carbonyl (C=O) groups excluding carboxylic acids is 1. The molecule has 2 aromatic rings. The van der Waals surface area contributed by atoms with Crippen molar-refractivity contribution >= 4 is 21.6 Å². The highest BCUT2D eigenvalue weighted by molar-refractivity contribution is 7.89. The van der Waals surface area contributed by atoms with E-state index in [-0.39, 0.29) is 21.9 Å². The van der Waals surface area contributed by atoms with Gasteiger partial charge in [-0.15, -0.1) is 0 Å². The molecule has 0 aliphatic carbocycles. The maximum absolute atomic E-state index is 13.2. The number of hydrogen-bond donors (Lipinski definition) is 1. The van der Waals surface area contributed by atoms with E-state index in [1.807, 2.05) is 0 Å². The highest BCUT2D eigenvalue weighted by atomic mass is 32.2. The first-order chi connectivity index (χ1) is 15.8. The van der Waals surface area contributed by atoms with E-state index < -0.39 is 15.9 Å². The Morgan fingerprint density at radius 1 is 0.909 bits per heavy atom. The fraction of sp³-hybridized carbons (Fsp3) is 0.435. The SMILES string of the molecule is CCOc1ccc(S(=O)(=O)N2CCCCC2)cc1NC(=O)c1cc(OC)c(OC)cc1OC. The van der Waals surface area contributed by atoms with Gasteiger partial charge < -0.3 is 24.3 Å². The van der Waals surface area contributed by atoms with E-state index in [1.54, 1.807) is 19.1 Å². The molecule has 0 bridgehead atoms. The molecule has 1 amide bonds. The predicted molar refractivity (Wildman–Crippen MR) is 124 cm³/mol. The summed E-state index contributed by atoms with van der Waals surface area (Å²) < 4.78 is 49.3. The Balaban J connectivity index is 1.98. The summed E-state index contributed by atoms with van der Waals surface area (Å²) in [7, 11) is 0.708. The lowest BCUT2D eigenvalue weighted by atomic mass is 10.1. The third-order valence-electron chi connectivity index (χ3n) is 5.40. The van der Waals surface area contributed by atoms with Gasteiger partial charge >= 0.3 is 0 Å². The van der Waals surface area contributed by atoms with Crippen LogP contribution in [0.3, 0.4) is 0 Å². The zero-order valence-corrected chi connectivity index (χ0v) is 20.2. The maximum Gasteiger partial charge on any atom is 0.259 e. The van der Waals surface area contributed by atoms with Crippen LogP contribution in [0.4, 0.5) is 5.69 Å². The summed E-state index contributed by atoms with van der Waals surface area (Å²) in [5.74, 6) is 0.898. The van der Waals surface area contributed by atoms with E-state index in [0.717, 1.165) is 19.3 Å². The van der Waals surface area contributed by atoms with Gasteiger partial charge in [0, 0.05) is 25.2 Å². The second-order valence-corrected chi connectivity index (χ2v) is 9.36. The standard InChI is InChI=1S/C23H30N2O7S/c1-5-32-19-10-9-16(33(27,28)25-11-7-6-8-12-25)13-18(19)24-23(26)17-14-21(30-3)22(31-4)15-20(17)29-2/h9-10,13-15H,5-8,11-12H2,1-4H3,(H,24,26). The Morgan fingerprint density at radius 3 is 2.15 bits per heavy atom. The van der Waals surface area contributed by atoms with Gasteiger partial charge in [-0.1, -0.05) is 6.42 Å². The largest absolute Gasteiger partial charge is 0.496 e. The number of methoxy groups -OCH3 is 3. The second-order valence-electron chi connectivity index (χ2n) is 7.42. The maximum atomic E-state index is 13.2. The van der Waals surface area contributed by atoms with Crippen molar-refractivity contribution in [1.29, 1.82) is 0 Å². The first-order valence-electron chi connectivity index (χ1n) is 10.7. The topological polar surface area (TPSA) is 103 Å². The molecule has 0 saturated carbocycles. The third kappa shape index (κ3) is 5.33. The van der Waals surface area contributed by atoms with Gasteiger partial charge in [-0.25, -0.2) is 8.42 Å². The molecule has 0 radical (unpaired) electrons. The van der Waals surface area contributed by atoms with Crippen molar-refractivity contribution in [2.24, 2.45) is 0 Å². The number of hydrogen-bond acceptors (Lipinski definition) is 7. The van der Waals surface area contributed by atoms with Gasteiger partial charge in [0.1, 0.15) is 11.5 Å². The van der Waals surface area contributed by atoms with Gasteiger partial charge in [0.25, 0.3) is 5.91 Å². The minimum atomic E-state index is -3.68. The van der Waals surface area contributed by atoms with Gasteiger partial charge in [0.05, 0.1) is 44.1 Å². The average Bonchev–Trinajstić information content (AvgIpc) is 2.84. The molecule has 1 aliphatic rings. The summed E-state index contributed by atoms with van der Waals surface area (Å²) in [5.41, 5.74) is 0.443. The molecule has 180 valence electrons. The first-order valence-corrected chi connectivity index (χ1v) is 12.2. The highest BCUT2D eigenvalue weighted by Gasteiger charge is 2.27. The molecule has 1 aliphatic heterocycles. The van der Waals surface area contributed by atoms with Gasteiger partial charge in [0.2, 0.25) is 10.0 Å². The Labute approximate surface area is 194 Å². The van der Waals surface area contributed by atoms with Crippen LogP contribution in [0.25, 0.3) is 0 Å². The lowest BCUT2D eigenvalue weighted by Crippen LogP contribution is -2.35. The first kappa shape index (κ1) is 24.7. The molecule has 1 heterocycles. The molecular weight excluding hydrogens is 448 g/mol. The number of ether oxygens (including phenoxy) is 4. The lowest BCUT2D eigenvalue weighted by molar-refractivity contribution is 0.102. The minimum Gasteiger partial charge on any atom is -0.496 e. The van der Waals surface area contributed by atoms with E-state index in [9.17, 15) is 13.2 Å². The summed E-state index contributed by atoms with van der Waals surface area (Å²) in [6.45, 7) is 3.13. The van der Waals surface area contributed by atoms with Crippen molar-refractivity contribution in [3.8, 4) is 23.0 Å². The quantitative estimate of drug-likeness (QED) is 0.588. The number of anilines is 1. The van der Waals surface area contributed by atoms with E-state index in [2.05, 4.69) is 5.32 Å². The molecule has 10 heteroatoms. The van der Waals surface area contributed by atoms with E-state index >= 15 is 0 Å². The average molecular weight is 479 g/mol. The van der Waals surface area contributed by atoms with Crippen LogP contribution >= 0.6 is 0 Å². The molecule has 0 atom stereocenters. The number of amides is 1. The molecule has 0 spiro atoms. The van der Waals surface area contributed by atoms with Crippen LogP contribution in [0.1, 0.15) is 36.5 Å². The van der Waals surface area contributed by atoms with Gasteiger partial charge in [-0.3, -0.25) is 4.79 Å². The predicted octanol–water partition coefficient (Wildman–Crippen LogP) is 3.54. The molecule has 2 aromatic carbocycles. The number of carbonyl (C=O) groups is 1. The number of nitrogens with one attached hydrogen (secondary N) is 1. The van der Waals surface area contributed by atoms with E-state index in [4.69, 9.17) is 18.9 Å². The highest BCUT2D eigenvalue weighted by Crippen LogP contribution is 2.36. The number of rotatable bonds is 9. The van der Waals surface area contributed by atoms with Crippen LogP contribution in [0.15, 0.2) is 35.2 Å². The summed E-state index contributed by atoms with van der Waals surface area (Å²) in [6.07, 6.45) is 2.68. The second kappa shape index (κ2) is 10.8. The van der Waals surface area contributed by atoms with Crippen molar-refractivity contribution < 1.29 is 32.2 Å². The summed E-state index contributed by atoms with van der Waals surface area (Å²) in [6, 6.07) is 7.54. The molecule has 9 nitrogen and oxygen atoms in total. The molecule has 33 heavy (non-hydrogen) atoms. The van der Waals surface area contributed by atoms with E-state index in [0.29, 0.717) is 36.9 Å². The van der Waals surface area contributed by atoms with Crippen LogP contribution in [0.5, 0.6) is 23.0 Å². The monoisotopic (exact) mass is 478 g/mol. The molecule has 1 fully saturated rings. The zero-order chi connectivity index (χ0) is 24.0. The van der Waals surface area contributed by atoms with Crippen LogP contribution in [-0.2, 0) is 10.0 Å². The number of sulfonamides is 1. The van der Waals surface area contributed by atoms with Crippen LogP contribution in [-0.4, -0.2) is 59.7 Å². The molecule has 3 rings (SSSR count). The molecule has 0 unspecified atom stereocenters. The van der Waals surface area contributed by atoms with E-state index in [1.165, 1.54) is 43.8 Å². The van der Waals surface area contributed by atoms with Crippen molar-refractivity contribution in [2.75, 3.05) is 46.3 Å². The smallest absolute Gasteiger partial charge is 0.259 e. The minimum absolute atomic E-state index is 0.0995. The number of benzene rings is 2. The molecule has 1 saturated heterocycles. The molecular formula is C23H30N2O7S. The Kier molecular flexibility index (Phi) is 8.04. The number of nitrogens with zero attached hydrogens (tertiary/aromatic N) is 1. The van der Waals surface area contributed by atoms with Gasteiger partial charge in [0.15, 0.2) is 11.5 Å². The normalized spacial score (nSPS) is 14.4. The fourth-order valence-electron chi connectivity index (χ4n) is 3.70.